The van der Waals surface area contributed by atoms with Crippen molar-refractivity contribution in [2.24, 2.45) is 5.92 Å². The number of hydrogen-bond donors (Lipinski definition) is 1. The van der Waals surface area contributed by atoms with E-state index in [1.54, 1.807) is 13.0 Å². The molecule has 0 radical (unpaired) electrons. The van der Waals surface area contributed by atoms with Crippen molar-refractivity contribution in [1.29, 1.82) is 0 Å². The van der Waals surface area contributed by atoms with Crippen molar-refractivity contribution in [2.75, 3.05) is 6.61 Å². The lowest BCUT2D eigenvalue weighted by molar-refractivity contribution is -0.147. The Morgan fingerprint density at radius 1 is 1.83 bits per heavy atom. The molecule has 0 spiro atoms. The van der Waals surface area contributed by atoms with E-state index in [4.69, 9.17) is 4.74 Å². The van der Waals surface area contributed by atoms with Gasteiger partial charge in [0.25, 0.3) is 0 Å². The molecule has 0 aromatic rings. The van der Waals surface area contributed by atoms with Gasteiger partial charge in [0.2, 0.25) is 0 Å². The van der Waals surface area contributed by atoms with Crippen molar-refractivity contribution in [3.05, 3.63) is 11.6 Å². The molecule has 12 heavy (non-hydrogen) atoms. The molecule has 1 aliphatic rings. The predicted molar refractivity (Wildman–Crippen MR) is 44.5 cm³/mol. The van der Waals surface area contributed by atoms with Crippen molar-refractivity contribution in [1.82, 2.24) is 0 Å². The van der Waals surface area contributed by atoms with Crippen molar-refractivity contribution in [2.45, 2.75) is 26.4 Å². The molecule has 0 unspecified atom stereocenters. The van der Waals surface area contributed by atoms with Crippen LogP contribution in [0.1, 0.15) is 20.3 Å². The van der Waals surface area contributed by atoms with Crippen LogP contribution in [0.25, 0.3) is 0 Å². The fourth-order valence-electron chi connectivity index (χ4n) is 1.44. The highest BCUT2D eigenvalue weighted by Crippen LogP contribution is 2.26. The Morgan fingerprint density at radius 3 is 2.92 bits per heavy atom. The van der Waals surface area contributed by atoms with Gasteiger partial charge in [0.05, 0.1) is 18.6 Å². The van der Waals surface area contributed by atoms with Gasteiger partial charge in [-0.25, -0.2) is 0 Å². The first-order valence-electron chi connectivity index (χ1n) is 4.18. The van der Waals surface area contributed by atoms with Gasteiger partial charge in [-0.2, -0.15) is 0 Å². The smallest absolute Gasteiger partial charge is 0.313 e. The normalized spacial score (nSPS) is 28.4. The quantitative estimate of drug-likeness (QED) is 0.494. The highest BCUT2D eigenvalue weighted by Gasteiger charge is 2.29. The molecule has 68 valence electrons. The molecule has 0 saturated carbocycles. The third-order valence-corrected chi connectivity index (χ3v) is 2.05. The van der Waals surface area contributed by atoms with E-state index in [1.807, 2.05) is 6.92 Å². The Kier molecular flexibility index (Phi) is 2.87. The zero-order chi connectivity index (χ0) is 9.14. The maximum atomic E-state index is 11.2. The second-order valence-electron chi connectivity index (χ2n) is 3.02. The molecule has 0 saturated heterocycles. The van der Waals surface area contributed by atoms with E-state index in [0.29, 0.717) is 13.0 Å². The molecule has 0 amide bonds. The number of rotatable bonds is 2. The summed E-state index contributed by atoms with van der Waals surface area (Å²) in [4.78, 5) is 11.2. The third kappa shape index (κ3) is 1.85. The average molecular weight is 170 g/mol. The van der Waals surface area contributed by atoms with Gasteiger partial charge in [-0.1, -0.05) is 11.6 Å². The van der Waals surface area contributed by atoms with E-state index < -0.39 is 6.10 Å². The van der Waals surface area contributed by atoms with Crippen LogP contribution in [0, 0.1) is 5.92 Å². The van der Waals surface area contributed by atoms with Crippen molar-refractivity contribution >= 4 is 5.97 Å². The standard InChI is InChI=1S/C9H14O3/c1-3-12-9(11)8-5-7(10)4-6(8)2/h4,7-8,10H,3,5H2,1-2H3/t7-,8-/m0/s1. The molecular formula is C9H14O3. The monoisotopic (exact) mass is 170 g/mol. The van der Waals surface area contributed by atoms with Crippen molar-refractivity contribution < 1.29 is 14.6 Å². The SMILES string of the molecule is CCOC(=O)[C@H]1C[C@@H](O)C=C1C. The van der Waals surface area contributed by atoms with Gasteiger partial charge in [-0.05, 0) is 20.3 Å². The molecule has 0 bridgehead atoms. The summed E-state index contributed by atoms with van der Waals surface area (Å²) in [6, 6.07) is 0. The van der Waals surface area contributed by atoms with Crippen LogP contribution in [0.3, 0.4) is 0 Å². The van der Waals surface area contributed by atoms with E-state index in [9.17, 15) is 9.90 Å². The summed E-state index contributed by atoms with van der Waals surface area (Å²) in [5, 5.41) is 9.20. The van der Waals surface area contributed by atoms with Crippen molar-refractivity contribution in [3.8, 4) is 0 Å². The number of aliphatic hydroxyl groups is 1. The summed E-state index contributed by atoms with van der Waals surface area (Å²) >= 11 is 0. The molecule has 0 heterocycles. The van der Waals surface area contributed by atoms with Crippen LogP contribution in [0.15, 0.2) is 11.6 Å². The first kappa shape index (κ1) is 9.26. The highest BCUT2D eigenvalue weighted by molar-refractivity contribution is 5.76. The number of aliphatic hydroxyl groups excluding tert-OH is 1. The Bertz CT molecular complexity index is 208. The van der Waals surface area contributed by atoms with Crippen molar-refractivity contribution in [3.63, 3.8) is 0 Å². The average Bonchev–Trinajstić information content (AvgIpc) is 2.30. The minimum atomic E-state index is -0.473. The summed E-state index contributed by atoms with van der Waals surface area (Å²) in [6.07, 6.45) is 1.71. The lowest BCUT2D eigenvalue weighted by atomic mass is 10.0. The molecule has 3 heteroatoms. The Morgan fingerprint density at radius 2 is 2.50 bits per heavy atom. The van der Waals surface area contributed by atoms with Crippen LogP contribution in [0.5, 0.6) is 0 Å². The zero-order valence-electron chi connectivity index (χ0n) is 7.41. The van der Waals surface area contributed by atoms with E-state index in [1.165, 1.54) is 0 Å². The van der Waals surface area contributed by atoms with Crippen LogP contribution in [0.2, 0.25) is 0 Å². The molecule has 0 aliphatic heterocycles. The molecule has 3 nitrogen and oxygen atoms in total. The fourth-order valence-corrected chi connectivity index (χ4v) is 1.44. The van der Waals surface area contributed by atoms with Gasteiger partial charge >= 0.3 is 5.97 Å². The van der Waals surface area contributed by atoms with Gasteiger partial charge in [0.15, 0.2) is 0 Å². The first-order valence-corrected chi connectivity index (χ1v) is 4.18. The second kappa shape index (κ2) is 3.72. The maximum absolute atomic E-state index is 11.2. The van der Waals surface area contributed by atoms with E-state index in [2.05, 4.69) is 0 Å². The summed E-state index contributed by atoms with van der Waals surface area (Å²) in [7, 11) is 0. The van der Waals surface area contributed by atoms with Crippen LogP contribution < -0.4 is 0 Å². The minimum absolute atomic E-state index is 0.220. The summed E-state index contributed by atoms with van der Waals surface area (Å²) in [5.74, 6) is -0.442. The summed E-state index contributed by atoms with van der Waals surface area (Å²) in [6.45, 7) is 4.03. The summed E-state index contributed by atoms with van der Waals surface area (Å²) in [5.41, 5.74) is 0.918. The van der Waals surface area contributed by atoms with E-state index in [-0.39, 0.29) is 11.9 Å². The number of carbonyl (C=O) groups is 1. The van der Waals surface area contributed by atoms with Crippen LogP contribution in [-0.4, -0.2) is 23.8 Å². The molecule has 0 aromatic carbocycles. The molecule has 0 fully saturated rings. The Hall–Kier alpha value is -0.830. The second-order valence-corrected chi connectivity index (χ2v) is 3.02. The predicted octanol–water partition coefficient (Wildman–Crippen LogP) is 0.877. The molecule has 0 aromatic heterocycles. The summed E-state index contributed by atoms with van der Waals surface area (Å²) < 4.78 is 4.85. The van der Waals surface area contributed by atoms with E-state index >= 15 is 0 Å². The molecular weight excluding hydrogens is 156 g/mol. The third-order valence-electron chi connectivity index (χ3n) is 2.05. The van der Waals surface area contributed by atoms with Crippen LogP contribution >= 0.6 is 0 Å². The number of esters is 1. The van der Waals surface area contributed by atoms with Gasteiger partial charge in [0, 0.05) is 0 Å². The molecule has 1 aliphatic carbocycles. The number of carbonyl (C=O) groups excluding carboxylic acids is 1. The first-order chi connectivity index (χ1) is 5.65. The Balaban J connectivity index is 2.55. The topological polar surface area (TPSA) is 46.5 Å². The minimum Gasteiger partial charge on any atom is -0.466 e. The molecule has 1 N–H and O–H groups in total. The van der Waals surface area contributed by atoms with Crippen LogP contribution in [-0.2, 0) is 9.53 Å². The Labute approximate surface area is 72.0 Å². The number of hydrogen-bond acceptors (Lipinski definition) is 3. The lowest BCUT2D eigenvalue weighted by Gasteiger charge is -2.10. The largest absolute Gasteiger partial charge is 0.466 e. The van der Waals surface area contributed by atoms with Crippen LogP contribution in [0.4, 0.5) is 0 Å². The fraction of sp³-hybridized carbons (Fsp3) is 0.667. The maximum Gasteiger partial charge on any atom is 0.313 e. The zero-order valence-corrected chi connectivity index (χ0v) is 7.41. The number of ether oxygens (including phenoxy) is 1. The lowest BCUT2D eigenvalue weighted by Crippen LogP contribution is -2.18. The molecule has 1 rings (SSSR count). The molecule has 2 atom stereocenters. The van der Waals surface area contributed by atoms with Gasteiger partial charge in [-0.15, -0.1) is 0 Å². The van der Waals surface area contributed by atoms with Gasteiger partial charge < -0.3 is 9.84 Å². The van der Waals surface area contributed by atoms with E-state index in [0.717, 1.165) is 5.57 Å². The highest BCUT2D eigenvalue weighted by atomic mass is 16.5. The van der Waals surface area contributed by atoms with Gasteiger partial charge in [0.1, 0.15) is 0 Å². The van der Waals surface area contributed by atoms with Gasteiger partial charge in [-0.3, -0.25) is 4.79 Å².